The van der Waals surface area contributed by atoms with Crippen molar-refractivity contribution < 1.29 is 24.6 Å². The van der Waals surface area contributed by atoms with Crippen LogP contribution in [0.25, 0.3) is 23.1 Å². The number of hydrogen-bond acceptors (Lipinski definition) is 5. The Bertz CT molecular complexity index is 2060. The van der Waals surface area contributed by atoms with Crippen molar-refractivity contribution in [3.05, 3.63) is 118 Å². The third-order valence-electron chi connectivity index (χ3n) is 9.94. The van der Waals surface area contributed by atoms with E-state index in [1.54, 1.807) is 12.2 Å². The van der Waals surface area contributed by atoms with Crippen LogP contribution in [-0.4, -0.2) is 38.8 Å². The van der Waals surface area contributed by atoms with Gasteiger partial charge in [-0.2, -0.15) is 0 Å². The highest BCUT2D eigenvalue weighted by atomic mass is 16.3. The van der Waals surface area contributed by atoms with Crippen molar-refractivity contribution in [1.29, 1.82) is 0 Å². The molecule has 3 atom stereocenters. The topological polar surface area (TPSA) is 132 Å². The van der Waals surface area contributed by atoms with E-state index < -0.39 is 22.8 Å². The SMILES string of the molecule is C=CC(C)(C)c1[nH]c2cc(CC=C(C)C)ccc2c1/C=C1\NC(=O)C2(C[C@@H](C)C=C[C@H]2/C=C/c2c(O)cc(CC=C(C)C)c(O)c2C=O)NC1=O. The van der Waals surface area contributed by atoms with E-state index in [1.807, 2.05) is 65.0 Å². The van der Waals surface area contributed by atoms with Crippen molar-refractivity contribution in [1.82, 2.24) is 15.6 Å². The number of aldehydes is 1. The number of benzene rings is 2. The molecule has 1 saturated heterocycles. The number of aromatic amines is 1. The standard InChI is InChI=1S/C43H49N3O5/c1-9-42(7,8)39-33(31-18-14-28(13-10-25(2)3)20-35(31)44-39)22-36-40(50)46-43(41(51)45-36)23-27(6)12-16-30(43)17-19-32-34(24-47)38(49)29(21-37(32)48)15-11-26(4)5/h9-12,14,16-22,24,27,30,44,48-49H,1,13,15,23H2,2-8H3,(H,45,51)(H,46,50)/b19-17+,36-22-/t27-,30-,43?/m0/s1. The lowest BCUT2D eigenvalue weighted by Crippen LogP contribution is -2.68. The Morgan fingerprint density at radius 3 is 2.37 bits per heavy atom. The van der Waals surface area contributed by atoms with E-state index in [0.717, 1.165) is 39.7 Å². The first kappa shape index (κ1) is 36.9. The molecule has 2 aromatic carbocycles. The van der Waals surface area contributed by atoms with Crippen LogP contribution in [0.1, 0.15) is 93.2 Å². The van der Waals surface area contributed by atoms with Gasteiger partial charge in [-0.15, -0.1) is 6.58 Å². The summed E-state index contributed by atoms with van der Waals surface area (Å²) < 4.78 is 0. The molecule has 1 aromatic heterocycles. The van der Waals surface area contributed by atoms with Gasteiger partial charge in [0.15, 0.2) is 6.29 Å². The van der Waals surface area contributed by atoms with Crippen molar-refractivity contribution in [2.24, 2.45) is 11.8 Å². The molecule has 0 radical (unpaired) electrons. The number of aromatic nitrogens is 1. The van der Waals surface area contributed by atoms with Crippen LogP contribution in [0, 0.1) is 11.8 Å². The summed E-state index contributed by atoms with van der Waals surface area (Å²) in [6, 6.07) is 7.68. The molecule has 2 amide bonds. The predicted molar refractivity (Wildman–Crippen MR) is 205 cm³/mol. The number of carbonyl (C=O) groups is 3. The fourth-order valence-corrected chi connectivity index (χ4v) is 6.84. The minimum absolute atomic E-state index is 0.0160. The van der Waals surface area contributed by atoms with Gasteiger partial charge in [0.05, 0.1) is 5.56 Å². The Kier molecular flexibility index (Phi) is 10.5. The van der Waals surface area contributed by atoms with Crippen molar-refractivity contribution in [3.63, 3.8) is 0 Å². The molecule has 2 aliphatic rings. The van der Waals surface area contributed by atoms with Crippen molar-refractivity contribution in [2.75, 3.05) is 0 Å². The van der Waals surface area contributed by atoms with Crippen LogP contribution in [0.2, 0.25) is 0 Å². The van der Waals surface area contributed by atoms with Crippen LogP contribution in [0.4, 0.5) is 0 Å². The van der Waals surface area contributed by atoms with Gasteiger partial charge in [-0.05, 0) is 76.6 Å². The minimum Gasteiger partial charge on any atom is -0.507 e. The zero-order chi connectivity index (χ0) is 37.2. The number of H-pyrrole nitrogens is 1. The minimum atomic E-state index is -1.33. The van der Waals surface area contributed by atoms with E-state index in [1.165, 1.54) is 17.7 Å². The van der Waals surface area contributed by atoms with Gasteiger partial charge in [-0.1, -0.05) is 86.6 Å². The number of phenolic OH excluding ortho intramolecular Hbond substituents is 2. The van der Waals surface area contributed by atoms with Crippen molar-refractivity contribution in [2.45, 2.75) is 78.7 Å². The Labute approximate surface area is 300 Å². The number of carbonyl (C=O) groups excluding carboxylic acids is 3. The zero-order valence-electron chi connectivity index (χ0n) is 30.6. The van der Waals surface area contributed by atoms with Crippen LogP contribution in [0.15, 0.2) is 84.1 Å². The number of phenols is 2. The second-order valence-electron chi connectivity index (χ2n) is 14.9. The first-order valence-electron chi connectivity index (χ1n) is 17.4. The van der Waals surface area contributed by atoms with Crippen molar-refractivity contribution in [3.8, 4) is 11.5 Å². The lowest BCUT2D eigenvalue weighted by molar-refractivity contribution is -0.138. The summed E-state index contributed by atoms with van der Waals surface area (Å²) >= 11 is 0. The van der Waals surface area contributed by atoms with Gasteiger partial charge in [0.25, 0.3) is 11.8 Å². The second kappa shape index (κ2) is 14.5. The van der Waals surface area contributed by atoms with Gasteiger partial charge in [-0.3, -0.25) is 14.4 Å². The number of rotatable bonds is 10. The lowest BCUT2D eigenvalue weighted by atomic mass is 9.71. The first-order valence-corrected chi connectivity index (χ1v) is 17.4. The van der Waals surface area contributed by atoms with Gasteiger partial charge in [-0.25, -0.2) is 0 Å². The molecule has 1 spiro atoms. The summed E-state index contributed by atoms with van der Waals surface area (Å²) in [6.07, 6.45) is 16.7. The number of fused-ring (bicyclic) bond motifs is 1. The summed E-state index contributed by atoms with van der Waals surface area (Å²) in [5.41, 5.74) is 4.87. The van der Waals surface area contributed by atoms with Gasteiger partial charge < -0.3 is 25.8 Å². The quantitative estimate of drug-likeness (QED) is 0.0636. The zero-order valence-corrected chi connectivity index (χ0v) is 30.6. The molecule has 8 nitrogen and oxygen atoms in total. The summed E-state index contributed by atoms with van der Waals surface area (Å²) in [4.78, 5) is 43.9. The van der Waals surface area contributed by atoms with E-state index >= 15 is 0 Å². The molecule has 5 rings (SSSR count). The monoisotopic (exact) mass is 687 g/mol. The van der Waals surface area contributed by atoms with Gasteiger partial charge in [0.2, 0.25) is 0 Å². The predicted octanol–water partition coefficient (Wildman–Crippen LogP) is 8.12. The highest BCUT2D eigenvalue weighted by molar-refractivity contribution is 6.11. The number of hydrogen-bond donors (Lipinski definition) is 5. The smallest absolute Gasteiger partial charge is 0.268 e. The summed E-state index contributed by atoms with van der Waals surface area (Å²) in [5, 5.41) is 28.7. The number of allylic oxidation sites excluding steroid dienone is 6. The number of piperazine rings is 1. The van der Waals surface area contributed by atoms with E-state index in [0.29, 0.717) is 24.7 Å². The van der Waals surface area contributed by atoms with E-state index in [2.05, 4.69) is 54.3 Å². The molecule has 2 heterocycles. The average Bonchev–Trinajstić information content (AvgIpc) is 3.44. The largest absolute Gasteiger partial charge is 0.507 e. The summed E-state index contributed by atoms with van der Waals surface area (Å²) in [7, 11) is 0. The first-order chi connectivity index (χ1) is 24.1. The fraction of sp³-hybridized carbons (Fsp3) is 0.326. The van der Waals surface area contributed by atoms with Crippen LogP contribution in [0.5, 0.6) is 11.5 Å². The molecule has 1 aliphatic carbocycles. The Morgan fingerprint density at radius 1 is 1.00 bits per heavy atom. The average molecular weight is 688 g/mol. The molecule has 51 heavy (non-hydrogen) atoms. The number of nitrogens with one attached hydrogen (secondary N) is 3. The Balaban J connectivity index is 1.52. The number of amides is 2. The van der Waals surface area contributed by atoms with E-state index in [-0.39, 0.29) is 40.1 Å². The van der Waals surface area contributed by atoms with E-state index in [9.17, 15) is 24.6 Å². The molecular formula is C43H49N3O5. The summed E-state index contributed by atoms with van der Waals surface area (Å²) in [6.45, 7) is 18.1. The molecule has 1 fully saturated rings. The molecule has 3 aromatic rings. The molecule has 0 bridgehead atoms. The van der Waals surface area contributed by atoms with Crippen LogP contribution in [0.3, 0.4) is 0 Å². The van der Waals surface area contributed by atoms with Crippen LogP contribution >= 0.6 is 0 Å². The highest BCUT2D eigenvalue weighted by Gasteiger charge is 2.51. The van der Waals surface area contributed by atoms with Gasteiger partial charge >= 0.3 is 0 Å². The Hall–Kier alpha value is -5.37. The maximum absolute atomic E-state index is 14.2. The van der Waals surface area contributed by atoms with Crippen molar-refractivity contribution >= 4 is 41.2 Å². The van der Waals surface area contributed by atoms with Gasteiger partial charge in [0.1, 0.15) is 22.7 Å². The molecule has 8 heteroatoms. The molecule has 1 aliphatic heterocycles. The third-order valence-corrected chi connectivity index (χ3v) is 9.94. The molecule has 0 saturated carbocycles. The second-order valence-corrected chi connectivity index (χ2v) is 14.9. The Morgan fingerprint density at radius 2 is 1.71 bits per heavy atom. The molecule has 1 unspecified atom stereocenters. The normalized spacial score (nSPS) is 21.2. The van der Waals surface area contributed by atoms with E-state index in [4.69, 9.17) is 0 Å². The third kappa shape index (κ3) is 7.41. The maximum atomic E-state index is 14.2. The maximum Gasteiger partial charge on any atom is 0.268 e. The molecule has 266 valence electrons. The number of aromatic hydroxyl groups is 2. The molecular weight excluding hydrogens is 638 g/mol. The fourth-order valence-electron chi connectivity index (χ4n) is 6.84. The van der Waals surface area contributed by atoms with Gasteiger partial charge in [0, 0.05) is 44.6 Å². The lowest BCUT2D eigenvalue weighted by Gasteiger charge is -2.44. The molecule has 5 N–H and O–H groups in total. The summed E-state index contributed by atoms with van der Waals surface area (Å²) in [5.74, 6) is -1.81. The van der Waals surface area contributed by atoms with Crippen LogP contribution in [-0.2, 0) is 27.8 Å². The van der Waals surface area contributed by atoms with Crippen LogP contribution < -0.4 is 10.6 Å². The highest BCUT2D eigenvalue weighted by Crippen LogP contribution is 2.40.